The second-order valence-corrected chi connectivity index (χ2v) is 9.06. The van der Waals surface area contributed by atoms with Crippen LogP contribution in [0.5, 0.6) is 0 Å². The molecule has 3 aliphatic heterocycles. The van der Waals surface area contributed by atoms with Gasteiger partial charge < -0.3 is 19.4 Å². The van der Waals surface area contributed by atoms with Gasteiger partial charge >= 0.3 is 0 Å². The molecule has 33 heavy (non-hydrogen) atoms. The lowest BCUT2D eigenvalue weighted by Gasteiger charge is -2.56. The monoisotopic (exact) mass is 457 g/mol. The van der Waals surface area contributed by atoms with Crippen molar-refractivity contribution in [2.24, 2.45) is 11.8 Å². The van der Waals surface area contributed by atoms with Crippen molar-refractivity contribution in [2.45, 2.75) is 51.1 Å². The highest BCUT2D eigenvalue weighted by Gasteiger charge is 2.50. The SMILES string of the molecule is Cc1cc(C(=O)N2C[C@H]3C[C@@H](C2)[C@H](Cc2cccc(F)c2)N2C(=O)CCC[C@@H]32)no1.O=CO. The summed E-state index contributed by atoms with van der Waals surface area (Å²) >= 11 is 0. The van der Waals surface area contributed by atoms with E-state index in [9.17, 15) is 14.0 Å². The topological polar surface area (TPSA) is 104 Å². The first-order chi connectivity index (χ1) is 15.9. The molecule has 176 valence electrons. The molecule has 3 fully saturated rings. The molecule has 0 unspecified atom stereocenters. The number of aromatic nitrogens is 1. The number of rotatable bonds is 3. The molecule has 1 aromatic carbocycles. The highest BCUT2D eigenvalue weighted by molar-refractivity contribution is 5.92. The Hall–Kier alpha value is -3.23. The van der Waals surface area contributed by atoms with E-state index >= 15 is 0 Å². The lowest BCUT2D eigenvalue weighted by molar-refractivity contribution is -0.151. The second-order valence-electron chi connectivity index (χ2n) is 9.06. The molecule has 4 heterocycles. The molecule has 8 nitrogen and oxygen atoms in total. The summed E-state index contributed by atoms with van der Waals surface area (Å²) in [4.78, 5) is 38.3. The van der Waals surface area contributed by atoms with Crippen LogP contribution in [0.2, 0.25) is 0 Å². The molecular weight excluding hydrogens is 429 g/mol. The van der Waals surface area contributed by atoms with E-state index < -0.39 is 0 Å². The van der Waals surface area contributed by atoms with Gasteiger partial charge in [0, 0.05) is 37.7 Å². The molecular formula is C24H28FN3O5. The van der Waals surface area contributed by atoms with Gasteiger partial charge in [0.15, 0.2) is 5.69 Å². The summed E-state index contributed by atoms with van der Waals surface area (Å²) in [5.74, 6) is 0.889. The van der Waals surface area contributed by atoms with E-state index in [-0.39, 0.29) is 48.0 Å². The number of carbonyl (C=O) groups excluding carboxylic acids is 2. The lowest BCUT2D eigenvalue weighted by atomic mass is 9.70. The standard InChI is InChI=1S/C23H26FN3O3.CH2O2/c1-14-8-19(25-30-14)23(29)26-12-16-11-17(13-26)21(10-15-4-2-5-18(24)9-15)27-20(16)6-3-7-22(27)28;2-1-3/h2,4-5,8-9,16-17,20-21H,3,6-7,10-13H2,1H3;1H,(H,2,3)/t16-,17+,20+,21+;/m1./s1. The fraction of sp³-hybridized carbons (Fsp3) is 0.500. The van der Waals surface area contributed by atoms with Crippen molar-refractivity contribution < 1.29 is 28.4 Å². The van der Waals surface area contributed by atoms with Gasteiger partial charge in [-0.2, -0.15) is 0 Å². The highest BCUT2D eigenvalue weighted by atomic mass is 19.1. The van der Waals surface area contributed by atoms with Gasteiger partial charge in [-0.1, -0.05) is 17.3 Å². The number of hydrogen-bond donors (Lipinski definition) is 1. The molecule has 5 rings (SSSR count). The number of nitrogens with zero attached hydrogens (tertiary/aromatic N) is 3. The summed E-state index contributed by atoms with van der Waals surface area (Å²) in [6.07, 6.45) is 4.05. The molecule has 2 amide bonds. The minimum atomic E-state index is -0.260. The summed E-state index contributed by atoms with van der Waals surface area (Å²) in [6, 6.07) is 8.44. The van der Waals surface area contributed by atoms with Crippen LogP contribution in [0.1, 0.15) is 47.5 Å². The number of piperidine rings is 3. The maximum absolute atomic E-state index is 13.8. The Morgan fingerprint density at radius 2 is 2.06 bits per heavy atom. The van der Waals surface area contributed by atoms with Crippen LogP contribution >= 0.6 is 0 Å². The molecule has 4 atom stereocenters. The largest absolute Gasteiger partial charge is 0.483 e. The number of aryl methyl sites for hydroxylation is 1. The Morgan fingerprint density at radius 1 is 1.30 bits per heavy atom. The van der Waals surface area contributed by atoms with Crippen LogP contribution < -0.4 is 0 Å². The van der Waals surface area contributed by atoms with E-state index in [1.165, 1.54) is 6.07 Å². The fourth-order valence-electron chi connectivity index (χ4n) is 5.74. The van der Waals surface area contributed by atoms with Crippen molar-refractivity contribution in [2.75, 3.05) is 13.1 Å². The number of carbonyl (C=O) groups is 3. The third-order valence-corrected chi connectivity index (χ3v) is 6.96. The number of hydrogen-bond acceptors (Lipinski definition) is 5. The predicted octanol–water partition coefficient (Wildman–Crippen LogP) is 2.91. The molecule has 2 bridgehead atoms. The first-order valence-corrected chi connectivity index (χ1v) is 11.3. The first kappa shape index (κ1) is 22.9. The number of halogens is 1. The van der Waals surface area contributed by atoms with Crippen molar-refractivity contribution in [3.8, 4) is 0 Å². The Kier molecular flexibility index (Phi) is 6.76. The van der Waals surface area contributed by atoms with Crippen molar-refractivity contribution in [3.63, 3.8) is 0 Å². The third kappa shape index (κ3) is 4.77. The van der Waals surface area contributed by atoms with Gasteiger partial charge in [0.05, 0.1) is 0 Å². The van der Waals surface area contributed by atoms with Crippen LogP contribution in [-0.2, 0) is 16.0 Å². The maximum atomic E-state index is 13.8. The molecule has 0 aliphatic carbocycles. The van der Waals surface area contributed by atoms with Gasteiger partial charge in [-0.25, -0.2) is 4.39 Å². The van der Waals surface area contributed by atoms with Gasteiger partial charge in [0.25, 0.3) is 12.4 Å². The summed E-state index contributed by atoms with van der Waals surface area (Å²) in [5.41, 5.74) is 1.23. The first-order valence-electron chi connectivity index (χ1n) is 11.3. The molecule has 3 aliphatic rings. The van der Waals surface area contributed by atoms with E-state index in [2.05, 4.69) is 10.1 Å². The molecule has 0 spiro atoms. The smallest absolute Gasteiger partial charge is 0.290 e. The van der Waals surface area contributed by atoms with E-state index in [0.717, 1.165) is 24.8 Å². The van der Waals surface area contributed by atoms with Crippen molar-refractivity contribution in [1.29, 1.82) is 0 Å². The molecule has 1 aromatic heterocycles. The Bertz CT molecular complexity index is 1030. The van der Waals surface area contributed by atoms with Gasteiger partial charge in [-0.15, -0.1) is 0 Å². The predicted molar refractivity (Wildman–Crippen MR) is 116 cm³/mol. The summed E-state index contributed by atoms with van der Waals surface area (Å²) in [5, 5.41) is 10.8. The van der Waals surface area contributed by atoms with Gasteiger partial charge in [0.1, 0.15) is 11.6 Å². The zero-order valence-corrected chi connectivity index (χ0v) is 18.5. The summed E-state index contributed by atoms with van der Waals surface area (Å²) < 4.78 is 18.9. The van der Waals surface area contributed by atoms with Gasteiger partial charge in [-0.3, -0.25) is 14.4 Å². The highest BCUT2D eigenvalue weighted by Crippen LogP contribution is 2.42. The fourth-order valence-corrected chi connectivity index (χ4v) is 5.74. The number of likely N-dealkylation sites (tertiary alicyclic amines) is 1. The van der Waals surface area contributed by atoms with E-state index in [1.807, 2.05) is 11.0 Å². The normalized spacial score (nSPS) is 26.2. The van der Waals surface area contributed by atoms with Crippen molar-refractivity contribution in [1.82, 2.24) is 15.0 Å². The van der Waals surface area contributed by atoms with Crippen LogP contribution in [0.3, 0.4) is 0 Å². The molecule has 0 radical (unpaired) electrons. The zero-order valence-electron chi connectivity index (χ0n) is 18.5. The average Bonchev–Trinajstić information content (AvgIpc) is 3.23. The van der Waals surface area contributed by atoms with Crippen LogP contribution in [-0.4, -0.2) is 63.5 Å². The van der Waals surface area contributed by atoms with Crippen LogP contribution in [0.15, 0.2) is 34.9 Å². The Labute approximate surface area is 191 Å². The molecule has 3 saturated heterocycles. The number of amides is 2. The molecule has 2 aromatic rings. The Balaban J connectivity index is 0.000000821. The number of carboxylic acid groups (broad SMARTS) is 1. The van der Waals surface area contributed by atoms with E-state index in [4.69, 9.17) is 14.4 Å². The number of benzene rings is 1. The van der Waals surface area contributed by atoms with E-state index in [1.54, 1.807) is 25.1 Å². The third-order valence-electron chi connectivity index (χ3n) is 6.96. The minimum absolute atomic E-state index is 0.0181. The van der Waals surface area contributed by atoms with Crippen LogP contribution in [0.4, 0.5) is 4.39 Å². The zero-order chi connectivity index (χ0) is 23.5. The molecule has 0 saturated carbocycles. The summed E-state index contributed by atoms with van der Waals surface area (Å²) in [6.45, 7) is 2.75. The lowest BCUT2D eigenvalue weighted by Crippen LogP contribution is -2.66. The van der Waals surface area contributed by atoms with Crippen molar-refractivity contribution >= 4 is 18.3 Å². The minimum Gasteiger partial charge on any atom is -0.483 e. The average molecular weight is 458 g/mol. The van der Waals surface area contributed by atoms with Gasteiger partial charge in [0.2, 0.25) is 5.91 Å². The maximum Gasteiger partial charge on any atom is 0.290 e. The summed E-state index contributed by atoms with van der Waals surface area (Å²) in [7, 11) is 0. The van der Waals surface area contributed by atoms with E-state index in [0.29, 0.717) is 37.4 Å². The quantitative estimate of drug-likeness (QED) is 0.711. The van der Waals surface area contributed by atoms with Crippen LogP contribution in [0.25, 0.3) is 0 Å². The molecule has 9 heteroatoms. The number of fused-ring (bicyclic) bond motifs is 4. The van der Waals surface area contributed by atoms with Gasteiger partial charge in [-0.05, 0) is 62.1 Å². The molecule has 1 N–H and O–H groups in total. The van der Waals surface area contributed by atoms with Crippen LogP contribution in [0, 0.1) is 24.6 Å². The Morgan fingerprint density at radius 3 is 2.76 bits per heavy atom. The second kappa shape index (κ2) is 9.72. The van der Waals surface area contributed by atoms with Crippen molar-refractivity contribution in [3.05, 3.63) is 53.2 Å².